The zero-order valence-electron chi connectivity index (χ0n) is 10.8. The van der Waals surface area contributed by atoms with Crippen LogP contribution in [-0.2, 0) is 25.7 Å². The van der Waals surface area contributed by atoms with Gasteiger partial charge in [0.25, 0.3) is 0 Å². The SMILES string of the molecule is Clc1ccc(CCc2ccc3c(c2)CCC3)c(Cl)c1. The number of rotatable bonds is 3. The summed E-state index contributed by atoms with van der Waals surface area (Å²) in [5.41, 5.74) is 5.66. The van der Waals surface area contributed by atoms with Crippen LogP contribution in [0, 0.1) is 0 Å². The van der Waals surface area contributed by atoms with Crippen molar-refractivity contribution < 1.29 is 0 Å². The van der Waals surface area contributed by atoms with Crippen LogP contribution < -0.4 is 0 Å². The summed E-state index contributed by atoms with van der Waals surface area (Å²) >= 11 is 12.1. The van der Waals surface area contributed by atoms with E-state index in [-0.39, 0.29) is 0 Å². The van der Waals surface area contributed by atoms with Crippen LogP contribution in [0.25, 0.3) is 0 Å². The van der Waals surface area contributed by atoms with Gasteiger partial charge in [-0.1, -0.05) is 47.5 Å². The Hall–Kier alpha value is -0.980. The summed E-state index contributed by atoms with van der Waals surface area (Å²) in [4.78, 5) is 0. The van der Waals surface area contributed by atoms with Crippen LogP contribution in [-0.4, -0.2) is 0 Å². The molecule has 0 unspecified atom stereocenters. The molecule has 0 heterocycles. The van der Waals surface area contributed by atoms with E-state index in [1.165, 1.54) is 36.0 Å². The summed E-state index contributed by atoms with van der Waals surface area (Å²) in [6.07, 6.45) is 5.80. The van der Waals surface area contributed by atoms with Gasteiger partial charge in [-0.15, -0.1) is 0 Å². The Labute approximate surface area is 124 Å². The molecule has 0 saturated carbocycles. The largest absolute Gasteiger partial charge is 0.0843 e. The molecule has 0 N–H and O–H groups in total. The Balaban J connectivity index is 1.72. The van der Waals surface area contributed by atoms with Crippen LogP contribution in [0.2, 0.25) is 10.0 Å². The lowest BCUT2D eigenvalue weighted by molar-refractivity contribution is 0.910. The molecule has 19 heavy (non-hydrogen) atoms. The number of fused-ring (bicyclic) bond motifs is 1. The van der Waals surface area contributed by atoms with Crippen LogP contribution in [0.15, 0.2) is 36.4 Å². The average Bonchev–Trinajstić information content (AvgIpc) is 2.85. The van der Waals surface area contributed by atoms with Crippen LogP contribution in [0.1, 0.15) is 28.7 Å². The van der Waals surface area contributed by atoms with Crippen LogP contribution in [0.3, 0.4) is 0 Å². The van der Waals surface area contributed by atoms with Gasteiger partial charge in [-0.05, 0) is 66.5 Å². The van der Waals surface area contributed by atoms with E-state index in [1.54, 1.807) is 5.56 Å². The monoisotopic (exact) mass is 290 g/mol. The Morgan fingerprint density at radius 1 is 0.842 bits per heavy atom. The second-order valence-corrected chi connectivity index (χ2v) is 6.04. The number of halogens is 2. The van der Waals surface area contributed by atoms with Crippen molar-refractivity contribution in [2.24, 2.45) is 0 Å². The molecule has 0 saturated heterocycles. The minimum absolute atomic E-state index is 0.700. The maximum Gasteiger partial charge on any atom is 0.0452 e. The molecule has 2 aromatic carbocycles. The van der Waals surface area contributed by atoms with Gasteiger partial charge < -0.3 is 0 Å². The smallest absolute Gasteiger partial charge is 0.0452 e. The van der Waals surface area contributed by atoms with Gasteiger partial charge in [-0.25, -0.2) is 0 Å². The van der Waals surface area contributed by atoms with Gasteiger partial charge in [-0.3, -0.25) is 0 Å². The minimum Gasteiger partial charge on any atom is -0.0843 e. The molecule has 1 aliphatic carbocycles. The Bertz CT molecular complexity index is 602. The molecular weight excluding hydrogens is 275 g/mol. The van der Waals surface area contributed by atoms with Gasteiger partial charge in [0.1, 0.15) is 0 Å². The van der Waals surface area contributed by atoms with Crippen molar-refractivity contribution in [1.29, 1.82) is 0 Å². The maximum atomic E-state index is 6.21. The van der Waals surface area contributed by atoms with E-state index in [0.717, 1.165) is 17.9 Å². The highest BCUT2D eigenvalue weighted by Crippen LogP contribution is 2.25. The standard InChI is InChI=1S/C17H16Cl2/c18-16-9-8-14(17(19)11-16)7-5-12-4-6-13-2-1-3-15(13)10-12/h4,6,8-11H,1-3,5,7H2. The fourth-order valence-electron chi connectivity index (χ4n) is 2.78. The third kappa shape index (κ3) is 2.96. The van der Waals surface area contributed by atoms with Crippen LogP contribution in [0.4, 0.5) is 0 Å². The van der Waals surface area contributed by atoms with Crippen molar-refractivity contribution >= 4 is 23.2 Å². The zero-order chi connectivity index (χ0) is 13.2. The number of hydrogen-bond acceptors (Lipinski definition) is 0. The second kappa shape index (κ2) is 5.56. The summed E-state index contributed by atoms with van der Waals surface area (Å²) in [6.45, 7) is 0. The predicted molar refractivity (Wildman–Crippen MR) is 82.3 cm³/mol. The first-order chi connectivity index (χ1) is 9.22. The molecule has 0 nitrogen and oxygen atoms in total. The molecule has 0 fully saturated rings. The summed E-state index contributed by atoms with van der Waals surface area (Å²) < 4.78 is 0. The van der Waals surface area contributed by atoms with E-state index in [1.807, 2.05) is 18.2 Å². The number of benzene rings is 2. The molecule has 0 bridgehead atoms. The highest BCUT2D eigenvalue weighted by molar-refractivity contribution is 6.35. The molecule has 0 aliphatic heterocycles. The lowest BCUT2D eigenvalue weighted by Gasteiger charge is -2.07. The van der Waals surface area contributed by atoms with Crippen molar-refractivity contribution in [2.75, 3.05) is 0 Å². The Morgan fingerprint density at radius 3 is 2.53 bits per heavy atom. The van der Waals surface area contributed by atoms with Crippen molar-refractivity contribution in [1.82, 2.24) is 0 Å². The predicted octanol–water partition coefficient (Wildman–Crippen LogP) is 5.27. The molecule has 0 radical (unpaired) electrons. The summed E-state index contributed by atoms with van der Waals surface area (Å²) in [7, 11) is 0. The van der Waals surface area contributed by atoms with E-state index >= 15 is 0 Å². The molecule has 0 amide bonds. The molecule has 0 spiro atoms. The molecule has 0 aromatic heterocycles. The second-order valence-electron chi connectivity index (χ2n) is 5.19. The first-order valence-electron chi connectivity index (χ1n) is 6.77. The average molecular weight is 291 g/mol. The lowest BCUT2D eigenvalue weighted by atomic mass is 10.0. The van der Waals surface area contributed by atoms with Gasteiger partial charge in [-0.2, -0.15) is 0 Å². The third-order valence-corrected chi connectivity index (χ3v) is 4.45. The first-order valence-corrected chi connectivity index (χ1v) is 7.52. The summed E-state index contributed by atoms with van der Waals surface area (Å²) in [5.74, 6) is 0. The fraction of sp³-hybridized carbons (Fsp3) is 0.294. The fourth-order valence-corrected chi connectivity index (χ4v) is 3.29. The van der Waals surface area contributed by atoms with Crippen molar-refractivity contribution in [3.8, 4) is 0 Å². The lowest BCUT2D eigenvalue weighted by Crippen LogP contribution is -1.94. The number of hydrogen-bond donors (Lipinski definition) is 0. The van der Waals surface area contributed by atoms with E-state index in [2.05, 4.69) is 18.2 Å². The van der Waals surface area contributed by atoms with Crippen molar-refractivity contribution in [3.63, 3.8) is 0 Å². The zero-order valence-corrected chi connectivity index (χ0v) is 12.3. The van der Waals surface area contributed by atoms with Gasteiger partial charge in [0.15, 0.2) is 0 Å². The Morgan fingerprint density at radius 2 is 1.68 bits per heavy atom. The summed E-state index contributed by atoms with van der Waals surface area (Å²) in [6, 6.07) is 12.7. The van der Waals surface area contributed by atoms with Crippen molar-refractivity contribution in [2.45, 2.75) is 32.1 Å². The van der Waals surface area contributed by atoms with Gasteiger partial charge in [0.2, 0.25) is 0 Å². The third-order valence-electron chi connectivity index (χ3n) is 3.86. The topological polar surface area (TPSA) is 0 Å². The van der Waals surface area contributed by atoms with Crippen LogP contribution >= 0.6 is 23.2 Å². The normalized spacial score (nSPS) is 13.6. The highest BCUT2D eigenvalue weighted by atomic mass is 35.5. The van der Waals surface area contributed by atoms with Gasteiger partial charge >= 0.3 is 0 Å². The molecule has 3 rings (SSSR count). The van der Waals surface area contributed by atoms with E-state index in [0.29, 0.717) is 5.02 Å². The van der Waals surface area contributed by atoms with Gasteiger partial charge in [0.05, 0.1) is 0 Å². The minimum atomic E-state index is 0.700. The number of aryl methyl sites for hydroxylation is 4. The quantitative estimate of drug-likeness (QED) is 0.723. The molecule has 2 heteroatoms. The molecular formula is C17H16Cl2. The first kappa shape index (κ1) is 13.0. The molecule has 98 valence electrons. The van der Waals surface area contributed by atoms with Gasteiger partial charge in [0, 0.05) is 10.0 Å². The molecule has 0 atom stereocenters. The maximum absolute atomic E-state index is 6.21. The van der Waals surface area contributed by atoms with E-state index < -0.39 is 0 Å². The van der Waals surface area contributed by atoms with E-state index in [9.17, 15) is 0 Å². The van der Waals surface area contributed by atoms with Crippen molar-refractivity contribution in [3.05, 3.63) is 68.7 Å². The Kier molecular flexibility index (Phi) is 3.81. The highest BCUT2D eigenvalue weighted by Gasteiger charge is 2.11. The molecule has 1 aliphatic rings. The van der Waals surface area contributed by atoms with Crippen LogP contribution in [0.5, 0.6) is 0 Å². The summed E-state index contributed by atoms with van der Waals surface area (Å²) in [5, 5.41) is 1.47. The van der Waals surface area contributed by atoms with E-state index in [4.69, 9.17) is 23.2 Å². The molecule has 2 aromatic rings.